The van der Waals surface area contributed by atoms with E-state index in [2.05, 4.69) is 0 Å². The molecule has 0 spiro atoms. The molecular formula is C13H15NO3. The van der Waals surface area contributed by atoms with Gasteiger partial charge in [0.1, 0.15) is 5.75 Å². The number of carbonyl (C=O) groups is 1. The third-order valence-electron chi connectivity index (χ3n) is 2.89. The highest BCUT2D eigenvalue weighted by atomic mass is 16.5. The van der Waals surface area contributed by atoms with Crippen LogP contribution < -0.4 is 4.74 Å². The minimum atomic E-state index is -0.773. The van der Waals surface area contributed by atoms with Gasteiger partial charge in [0.25, 0.3) is 0 Å². The third kappa shape index (κ3) is 2.25. The first kappa shape index (κ1) is 11.5. The van der Waals surface area contributed by atoms with Gasteiger partial charge in [-0.2, -0.15) is 0 Å². The molecule has 1 heterocycles. The van der Waals surface area contributed by atoms with Crippen molar-refractivity contribution in [3.63, 3.8) is 0 Å². The second-order valence-corrected chi connectivity index (χ2v) is 4.04. The summed E-state index contributed by atoms with van der Waals surface area (Å²) in [4.78, 5) is 10.6. The van der Waals surface area contributed by atoms with Crippen LogP contribution in [0, 0.1) is 0 Å². The maximum Gasteiger partial charge on any atom is 0.303 e. The Morgan fingerprint density at radius 2 is 2.24 bits per heavy atom. The van der Waals surface area contributed by atoms with Crippen LogP contribution in [0.3, 0.4) is 0 Å². The summed E-state index contributed by atoms with van der Waals surface area (Å²) in [5, 5.41) is 9.79. The van der Waals surface area contributed by atoms with Gasteiger partial charge in [-0.15, -0.1) is 0 Å². The molecule has 0 amide bonds. The second kappa shape index (κ2) is 4.49. The standard InChI is InChI=1S/C13H15NO3/c1-14-8-9(3-6-13(15)16)11-7-10(17-2)4-5-12(11)14/h4-5,7-8H,3,6H2,1-2H3,(H,15,16). The topological polar surface area (TPSA) is 51.5 Å². The van der Waals surface area contributed by atoms with E-state index < -0.39 is 5.97 Å². The Labute approximate surface area is 99.4 Å². The number of hydrogen-bond donors (Lipinski definition) is 1. The summed E-state index contributed by atoms with van der Waals surface area (Å²) < 4.78 is 7.19. The number of benzene rings is 1. The minimum absolute atomic E-state index is 0.149. The highest BCUT2D eigenvalue weighted by molar-refractivity contribution is 5.85. The van der Waals surface area contributed by atoms with Crippen LogP contribution in [0.1, 0.15) is 12.0 Å². The number of carboxylic acid groups (broad SMARTS) is 1. The van der Waals surface area contributed by atoms with E-state index in [0.717, 1.165) is 22.2 Å². The Hall–Kier alpha value is -1.97. The molecule has 0 aliphatic heterocycles. The molecule has 90 valence electrons. The van der Waals surface area contributed by atoms with E-state index in [4.69, 9.17) is 9.84 Å². The van der Waals surface area contributed by atoms with Crippen LogP contribution in [-0.4, -0.2) is 22.8 Å². The van der Waals surface area contributed by atoms with Gasteiger partial charge in [0.15, 0.2) is 0 Å². The van der Waals surface area contributed by atoms with Crippen molar-refractivity contribution in [3.8, 4) is 5.75 Å². The van der Waals surface area contributed by atoms with Gasteiger partial charge in [-0.1, -0.05) is 0 Å². The van der Waals surface area contributed by atoms with Crippen molar-refractivity contribution in [1.29, 1.82) is 0 Å². The van der Waals surface area contributed by atoms with Gasteiger partial charge in [0, 0.05) is 30.6 Å². The van der Waals surface area contributed by atoms with Gasteiger partial charge in [-0.25, -0.2) is 0 Å². The lowest BCUT2D eigenvalue weighted by atomic mass is 10.1. The van der Waals surface area contributed by atoms with Gasteiger partial charge in [-0.05, 0) is 30.2 Å². The first-order chi connectivity index (χ1) is 8.11. The molecular weight excluding hydrogens is 218 g/mol. The summed E-state index contributed by atoms with van der Waals surface area (Å²) in [6.45, 7) is 0. The van der Waals surface area contributed by atoms with E-state index in [0.29, 0.717) is 6.42 Å². The first-order valence-corrected chi connectivity index (χ1v) is 5.45. The average molecular weight is 233 g/mol. The number of ether oxygens (including phenoxy) is 1. The number of methoxy groups -OCH3 is 1. The van der Waals surface area contributed by atoms with Crippen LogP contribution in [0.2, 0.25) is 0 Å². The van der Waals surface area contributed by atoms with Crippen molar-refractivity contribution in [2.45, 2.75) is 12.8 Å². The van der Waals surface area contributed by atoms with Gasteiger partial charge in [0.05, 0.1) is 7.11 Å². The van der Waals surface area contributed by atoms with Crippen molar-refractivity contribution < 1.29 is 14.6 Å². The maximum atomic E-state index is 10.6. The molecule has 0 saturated heterocycles. The number of nitrogens with zero attached hydrogens (tertiary/aromatic N) is 1. The molecule has 4 nitrogen and oxygen atoms in total. The molecule has 4 heteroatoms. The minimum Gasteiger partial charge on any atom is -0.497 e. The molecule has 0 fully saturated rings. The third-order valence-corrected chi connectivity index (χ3v) is 2.89. The Kier molecular flexibility index (Phi) is 3.04. The molecule has 0 saturated carbocycles. The van der Waals surface area contributed by atoms with Crippen molar-refractivity contribution in [2.75, 3.05) is 7.11 Å². The number of aromatic nitrogens is 1. The molecule has 0 aliphatic rings. The van der Waals surface area contributed by atoms with Crippen LogP contribution in [0.4, 0.5) is 0 Å². The lowest BCUT2D eigenvalue weighted by molar-refractivity contribution is -0.136. The molecule has 0 atom stereocenters. The van der Waals surface area contributed by atoms with Gasteiger partial charge >= 0.3 is 5.97 Å². The smallest absolute Gasteiger partial charge is 0.303 e. The predicted octanol–water partition coefficient (Wildman–Crippen LogP) is 2.20. The van der Waals surface area contributed by atoms with Crippen LogP contribution in [-0.2, 0) is 18.3 Å². The normalized spacial score (nSPS) is 10.7. The predicted molar refractivity (Wildman–Crippen MR) is 65.4 cm³/mol. The quantitative estimate of drug-likeness (QED) is 0.880. The fourth-order valence-corrected chi connectivity index (χ4v) is 2.02. The van der Waals surface area contributed by atoms with E-state index in [9.17, 15) is 4.79 Å². The van der Waals surface area contributed by atoms with Crippen molar-refractivity contribution >= 4 is 16.9 Å². The SMILES string of the molecule is COc1ccc2c(c1)c(CCC(=O)O)cn2C. The summed E-state index contributed by atoms with van der Waals surface area (Å²) in [6.07, 6.45) is 2.67. The zero-order chi connectivity index (χ0) is 12.4. The van der Waals surface area contributed by atoms with Crippen molar-refractivity contribution in [2.24, 2.45) is 7.05 Å². The second-order valence-electron chi connectivity index (χ2n) is 4.04. The number of aliphatic carboxylic acids is 1. The van der Waals surface area contributed by atoms with Crippen LogP contribution >= 0.6 is 0 Å². The summed E-state index contributed by atoms with van der Waals surface area (Å²) in [5.74, 6) is 0.0187. The Morgan fingerprint density at radius 3 is 2.88 bits per heavy atom. The van der Waals surface area contributed by atoms with E-state index in [1.807, 2.05) is 36.0 Å². The number of hydrogen-bond acceptors (Lipinski definition) is 2. The van der Waals surface area contributed by atoms with E-state index in [1.165, 1.54) is 0 Å². The molecule has 1 aromatic heterocycles. The Bertz CT molecular complexity index is 557. The zero-order valence-corrected chi connectivity index (χ0v) is 9.93. The summed E-state index contributed by atoms with van der Waals surface area (Å²) >= 11 is 0. The lowest BCUT2D eigenvalue weighted by Gasteiger charge is -2.01. The van der Waals surface area contributed by atoms with Crippen molar-refractivity contribution in [3.05, 3.63) is 30.0 Å². The van der Waals surface area contributed by atoms with E-state index >= 15 is 0 Å². The average Bonchev–Trinajstić information content (AvgIpc) is 2.63. The number of rotatable bonds is 4. The molecule has 0 bridgehead atoms. The van der Waals surface area contributed by atoms with Gasteiger partial charge in [-0.3, -0.25) is 4.79 Å². The summed E-state index contributed by atoms with van der Waals surface area (Å²) in [7, 11) is 3.58. The zero-order valence-electron chi connectivity index (χ0n) is 9.93. The molecule has 17 heavy (non-hydrogen) atoms. The maximum absolute atomic E-state index is 10.6. The number of fused-ring (bicyclic) bond motifs is 1. The highest BCUT2D eigenvalue weighted by Gasteiger charge is 2.09. The first-order valence-electron chi connectivity index (χ1n) is 5.45. The molecule has 0 radical (unpaired) electrons. The van der Waals surface area contributed by atoms with Crippen LogP contribution in [0.25, 0.3) is 10.9 Å². The van der Waals surface area contributed by atoms with Crippen LogP contribution in [0.5, 0.6) is 5.75 Å². The largest absolute Gasteiger partial charge is 0.497 e. The monoisotopic (exact) mass is 233 g/mol. The summed E-state index contributed by atoms with van der Waals surface area (Å²) in [5.41, 5.74) is 2.13. The molecule has 2 aromatic rings. The Morgan fingerprint density at radius 1 is 1.47 bits per heavy atom. The Balaban J connectivity index is 2.43. The fourth-order valence-electron chi connectivity index (χ4n) is 2.02. The molecule has 1 aromatic carbocycles. The fraction of sp³-hybridized carbons (Fsp3) is 0.308. The van der Waals surface area contributed by atoms with Crippen LogP contribution in [0.15, 0.2) is 24.4 Å². The van der Waals surface area contributed by atoms with E-state index in [-0.39, 0.29) is 6.42 Å². The van der Waals surface area contributed by atoms with Crippen molar-refractivity contribution in [1.82, 2.24) is 4.57 Å². The summed E-state index contributed by atoms with van der Waals surface area (Å²) in [6, 6.07) is 5.84. The molecule has 1 N–H and O–H groups in total. The number of aryl methyl sites for hydroxylation is 2. The lowest BCUT2D eigenvalue weighted by Crippen LogP contribution is -1.96. The van der Waals surface area contributed by atoms with E-state index in [1.54, 1.807) is 7.11 Å². The molecule has 2 rings (SSSR count). The van der Waals surface area contributed by atoms with Gasteiger partial charge < -0.3 is 14.4 Å². The number of carboxylic acids is 1. The van der Waals surface area contributed by atoms with Gasteiger partial charge in [0.2, 0.25) is 0 Å². The molecule has 0 aliphatic carbocycles. The highest BCUT2D eigenvalue weighted by Crippen LogP contribution is 2.26. The molecule has 0 unspecified atom stereocenters.